The largest absolute Gasteiger partial charge is 0.388 e. The van der Waals surface area contributed by atoms with E-state index in [-0.39, 0.29) is 17.2 Å². The molecule has 0 heterocycles. The maximum absolute atomic E-state index is 13.2. The lowest BCUT2D eigenvalue weighted by atomic mass is 10.1. The number of amidine groups is 1. The molecular weight excluding hydrogens is 269 g/mol. The molecule has 0 aliphatic rings. The lowest BCUT2D eigenvalue weighted by Crippen LogP contribution is -2.36. The summed E-state index contributed by atoms with van der Waals surface area (Å²) in [6.07, 6.45) is 0.124. The summed E-state index contributed by atoms with van der Waals surface area (Å²) < 4.78 is 40.1. The van der Waals surface area contributed by atoms with Crippen LogP contribution in [-0.4, -0.2) is 20.3 Å². The van der Waals surface area contributed by atoms with Gasteiger partial charge in [-0.2, -0.15) is 0 Å². The zero-order valence-corrected chi connectivity index (χ0v) is 11.9. The second kappa shape index (κ2) is 5.66. The molecule has 0 bridgehead atoms. The minimum absolute atomic E-state index is 0.0734. The lowest BCUT2D eigenvalue weighted by Gasteiger charge is -2.16. The highest BCUT2D eigenvalue weighted by atomic mass is 32.2. The van der Waals surface area contributed by atoms with Crippen LogP contribution >= 0.6 is 0 Å². The van der Waals surface area contributed by atoms with Crippen LogP contribution in [0.3, 0.4) is 0 Å². The average Bonchev–Trinajstić information content (AvgIpc) is 2.10. The summed E-state index contributed by atoms with van der Waals surface area (Å²) in [6.45, 7) is 4.70. The van der Waals surface area contributed by atoms with Crippen LogP contribution in [0, 0.1) is 25.1 Å². The monoisotopic (exact) mass is 287 g/mol. The van der Waals surface area contributed by atoms with Gasteiger partial charge in [0, 0.05) is 12.5 Å². The van der Waals surface area contributed by atoms with Crippen LogP contribution in [0.2, 0.25) is 0 Å². The molecule has 19 heavy (non-hydrogen) atoms. The topological polar surface area (TPSA) is 96.0 Å². The molecule has 0 fully saturated rings. The van der Waals surface area contributed by atoms with E-state index in [0.29, 0.717) is 11.1 Å². The number of hydrogen-bond acceptors (Lipinski definition) is 3. The van der Waals surface area contributed by atoms with Gasteiger partial charge in [0.05, 0.1) is 10.7 Å². The number of halogens is 1. The summed E-state index contributed by atoms with van der Waals surface area (Å²) in [4.78, 5) is 0.0734. The first-order valence-electron chi connectivity index (χ1n) is 5.75. The van der Waals surface area contributed by atoms with Gasteiger partial charge in [0.15, 0.2) is 0 Å². The Kier molecular flexibility index (Phi) is 4.65. The third-order valence-electron chi connectivity index (χ3n) is 2.58. The Labute approximate surface area is 112 Å². The zero-order chi connectivity index (χ0) is 14.8. The summed E-state index contributed by atoms with van der Waals surface area (Å²) >= 11 is 0. The molecule has 106 valence electrons. The van der Waals surface area contributed by atoms with Crippen molar-refractivity contribution in [3.8, 4) is 0 Å². The van der Waals surface area contributed by atoms with Gasteiger partial charge in [-0.15, -0.1) is 0 Å². The van der Waals surface area contributed by atoms with Crippen molar-refractivity contribution in [1.29, 1.82) is 5.41 Å². The van der Waals surface area contributed by atoms with E-state index in [1.54, 1.807) is 20.8 Å². The first kappa shape index (κ1) is 15.6. The van der Waals surface area contributed by atoms with Crippen LogP contribution in [0.25, 0.3) is 0 Å². The quantitative estimate of drug-likeness (QED) is 0.564. The second-order valence-corrected chi connectivity index (χ2v) is 6.27. The van der Waals surface area contributed by atoms with E-state index < -0.39 is 21.9 Å². The molecule has 5 nitrogen and oxygen atoms in total. The maximum Gasteiger partial charge on any atom is 0.241 e. The van der Waals surface area contributed by atoms with Gasteiger partial charge in [-0.25, -0.2) is 17.5 Å². The standard InChI is InChI=1S/C12H18FN3O2S/c1-7-4-10(13)5-8(2)12(7)19(17,18)16-9(3)6-11(14)15/h4-5,9,16H,6H2,1-3H3,(H3,14,15). The predicted octanol–water partition coefficient (Wildman–Crippen LogP) is 1.44. The molecule has 7 heteroatoms. The number of rotatable bonds is 5. The summed E-state index contributed by atoms with van der Waals surface area (Å²) in [7, 11) is -3.75. The van der Waals surface area contributed by atoms with Gasteiger partial charge in [0.1, 0.15) is 5.82 Å². The van der Waals surface area contributed by atoms with Crippen molar-refractivity contribution in [3.63, 3.8) is 0 Å². The van der Waals surface area contributed by atoms with E-state index in [2.05, 4.69) is 4.72 Å². The summed E-state index contributed by atoms with van der Waals surface area (Å²) in [5.41, 5.74) is 5.92. The van der Waals surface area contributed by atoms with Crippen LogP contribution in [0.4, 0.5) is 4.39 Å². The van der Waals surface area contributed by atoms with Gasteiger partial charge in [0.25, 0.3) is 0 Å². The first-order valence-corrected chi connectivity index (χ1v) is 7.23. The number of aryl methyl sites for hydroxylation is 2. The van der Waals surface area contributed by atoms with E-state index in [1.807, 2.05) is 0 Å². The fraction of sp³-hybridized carbons (Fsp3) is 0.417. The molecule has 1 unspecified atom stereocenters. The van der Waals surface area contributed by atoms with E-state index in [9.17, 15) is 12.8 Å². The molecular formula is C12H18FN3O2S. The van der Waals surface area contributed by atoms with E-state index >= 15 is 0 Å². The van der Waals surface area contributed by atoms with Crippen LogP contribution in [0.5, 0.6) is 0 Å². The number of hydrogen-bond donors (Lipinski definition) is 3. The van der Waals surface area contributed by atoms with Gasteiger partial charge < -0.3 is 5.73 Å². The van der Waals surface area contributed by atoms with E-state index in [0.717, 1.165) is 0 Å². The molecule has 0 radical (unpaired) electrons. The van der Waals surface area contributed by atoms with Gasteiger partial charge in [0.2, 0.25) is 10.0 Å². The zero-order valence-electron chi connectivity index (χ0n) is 11.1. The summed E-state index contributed by atoms with van der Waals surface area (Å²) in [5, 5.41) is 7.14. The third kappa shape index (κ3) is 4.00. The van der Waals surface area contributed by atoms with Crippen molar-refractivity contribution in [2.75, 3.05) is 0 Å². The smallest absolute Gasteiger partial charge is 0.241 e. The van der Waals surface area contributed by atoms with Gasteiger partial charge in [-0.3, -0.25) is 5.41 Å². The minimum atomic E-state index is -3.75. The van der Waals surface area contributed by atoms with Crippen molar-refractivity contribution in [3.05, 3.63) is 29.1 Å². The van der Waals surface area contributed by atoms with Crippen molar-refractivity contribution < 1.29 is 12.8 Å². The van der Waals surface area contributed by atoms with E-state index in [4.69, 9.17) is 11.1 Å². The Balaban J connectivity index is 3.11. The van der Waals surface area contributed by atoms with Crippen molar-refractivity contribution in [2.45, 2.75) is 38.1 Å². The second-order valence-electron chi connectivity index (χ2n) is 4.62. The molecule has 1 aromatic rings. The molecule has 0 aromatic heterocycles. The third-order valence-corrected chi connectivity index (χ3v) is 4.47. The van der Waals surface area contributed by atoms with Gasteiger partial charge in [-0.1, -0.05) is 0 Å². The predicted molar refractivity (Wildman–Crippen MR) is 72.2 cm³/mol. The van der Waals surface area contributed by atoms with Crippen LogP contribution in [0.15, 0.2) is 17.0 Å². The summed E-state index contributed by atoms with van der Waals surface area (Å²) in [6, 6.07) is 1.86. The molecule has 0 saturated carbocycles. The van der Waals surface area contributed by atoms with E-state index in [1.165, 1.54) is 12.1 Å². The molecule has 1 aromatic carbocycles. The molecule has 0 aliphatic carbocycles. The number of nitrogens with one attached hydrogen (secondary N) is 2. The molecule has 0 amide bonds. The molecule has 0 aliphatic heterocycles. The normalized spacial score (nSPS) is 13.3. The Bertz CT molecular complexity index is 576. The maximum atomic E-state index is 13.2. The molecule has 1 rings (SSSR count). The van der Waals surface area contributed by atoms with Crippen molar-refractivity contribution >= 4 is 15.9 Å². The average molecular weight is 287 g/mol. The van der Waals surface area contributed by atoms with Gasteiger partial charge in [-0.05, 0) is 44.0 Å². The fourth-order valence-corrected chi connectivity index (χ4v) is 3.71. The van der Waals surface area contributed by atoms with Crippen LogP contribution in [-0.2, 0) is 10.0 Å². The number of nitrogens with two attached hydrogens (primary N) is 1. The fourth-order valence-electron chi connectivity index (χ4n) is 2.02. The highest BCUT2D eigenvalue weighted by Crippen LogP contribution is 2.21. The Morgan fingerprint density at radius 3 is 2.32 bits per heavy atom. The molecule has 0 spiro atoms. The Morgan fingerprint density at radius 1 is 1.42 bits per heavy atom. The van der Waals surface area contributed by atoms with Crippen molar-refractivity contribution in [1.82, 2.24) is 4.72 Å². The first-order chi connectivity index (χ1) is 8.63. The summed E-state index contributed by atoms with van der Waals surface area (Å²) in [5.74, 6) is -0.562. The lowest BCUT2D eigenvalue weighted by molar-refractivity contribution is 0.562. The Hall–Kier alpha value is -1.47. The SMILES string of the molecule is Cc1cc(F)cc(C)c1S(=O)(=O)NC(C)CC(=N)N. The molecule has 0 saturated heterocycles. The van der Waals surface area contributed by atoms with Gasteiger partial charge >= 0.3 is 0 Å². The van der Waals surface area contributed by atoms with Crippen molar-refractivity contribution in [2.24, 2.45) is 5.73 Å². The number of sulfonamides is 1. The number of benzene rings is 1. The molecule has 4 N–H and O–H groups in total. The Morgan fingerprint density at radius 2 is 1.89 bits per heavy atom. The highest BCUT2D eigenvalue weighted by Gasteiger charge is 2.22. The van der Waals surface area contributed by atoms with Crippen LogP contribution in [0.1, 0.15) is 24.5 Å². The van der Waals surface area contributed by atoms with Crippen LogP contribution < -0.4 is 10.5 Å². The minimum Gasteiger partial charge on any atom is -0.388 e. The molecule has 1 atom stereocenters. The highest BCUT2D eigenvalue weighted by molar-refractivity contribution is 7.89.